The lowest BCUT2D eigenvalue weighted by molar-refractivity contribution is -0.135. The van der Waals surface area contributed by atoms with E-state index in [-0.39, 0.29) is 11.7 Å². The first kappa shape index (κ1) is 10.8. The Balaban J connectivity index is 1.99. The number of halogens is 1. The number of carbonyl (C=O) groups excluding carboxylic acids is 1. The summed E-state index contributed by atoms with van der Waals surface area (Å²) >= 11 is 0. The van der Waals surface area contributed by atoms with Crippen LogP contribution in [0.5, 0.6) is 0 Å². The lowest BCUT2D eigenvalue weighted by Gasteiger charge is -2.34. The predicted molar refractivity (Wildman–Crippen MR) is 58.0 cm³/mol. The monoisotopic (exact) mass is 221 g/mol. The summed E-state index contributed by atoms with van der Waals surface area (Å²) in [5.41, 5.74) is 0.386. The molecule has 2 rings (SSSR count). The maximum absolute atomic E-state index is 13.2. The topological polar surface area (TPSA) is 40.5 Å². The van der Waals surface area contributed by atoms with Crippen molar-refractivity contribution in [2.24, 2.45) is 0 Å². The Morgan fingerprint density at radius 1 is 1.44 bits per heavy atom. The molecule has 0 radical (unpaired) electrons. The summed E-state index contributed by atoms with van der Waals surface area (Å²) in [7, 11) is 0. The van der Waals surface area contributed by atoms with Crippen molar-refractivity contribution in [1.29, 1.82) is 0 Å². The Bertz CT molecular complexity index is 425. The molecule has 3 nitrogen and oxygen atoms in total. The van der Waals surface area contributed by atoms with Crippen molar-refractivity contribution in [3.63, 3.8) is 0 Å². The van der Waals surface area contributed by atoms with E-state index < -0.39 is 6.10 Å². The third-order valence-electron chi connectivity index (χ3n) is 2.48. The second kappa shape index (κ2) is 4.45. The number of carbonyl (C=O) groups is 1. The molecule has 1 aliphatic rings. The zero-order valence-corrected chi connectivity index (χ0v) is 8.64. The maximum Gasteiger partial charge on any atom is 0.246 e. The SMILES string of the molecule is O=C(/C=C/c1ccccc1F)N1CC(O)C1. The number of rotatable bonds is 2. The minimum absolute atomic E-state index is 0.200. The van der Waals surface area contributed by atoms with Gasteiger partial charge in [0, 0.05) is 24.7 Å². The molecule has 4 heteroatoms. The Morgan fingerprint density at radius 2 is 2.12 bits per heavy atom. The van der Waals surface area contributed by atoms with Gasteiger partial charge in [0.25, 0.3) is 0 Å². The summed E-state index contributed by atoms with van der Waals surface area (Å²) in [4.78, 5) is 13.0. The van der Waals surface area contributed by atoms with E-state index in [4.69, 9.17) is 5.11 Å². The van der Waals surface area contributed by atoms with Crippen LogP contribution < -0.4 is 0 Å². The molecule has 1 heterocycles. The number of nitrogens with zero attached hydrogens (tertiary/aromatic N) is 1. The highest BCUT2D eigenvalue weighted by Gasteiger charge is 2.26. The van der Waals surface area contributed by atoms with Gasteiger partial charge in [-0.25, -0.2) is 4.39 Å². The Hall–Kier alpha value is -1.68. The molecule has 1 N–H and O–H groups in total. The van der Waals surface area contributed by atoms with Crippen molar-refractivity contribution >= 4 is 12.0 Å². The second-order valence-corrected chi connectivity index (χ2v) is 3.75. The molecule has 1 aromatic carbocycles. The van der Waals surface area contributed by atoms with Gasteiger partial charge in [0.15, 0.2) is 0 Å². The predicted octanol–water partition coefficient (Wildman–Crippen LogP) is 1.04. The highest BCUT2D eigenvalue weighted by Crippen LogP contribution is 2.11. The highest BCUT2D eigenvalue weighted by molar-refractivity contribution is 5.92. The van der Waals surface area contributed by atoms with Crippen molar-refractivity contribution in [3.05, 3.63) is 41.7 Å². The summed E-state index contributed by atoms with van der Waals surface area (Å²) in [6.45, 7) is 0.723. The molecular formula is C12H12FNO2. The molecule has 0 unspecified atom stereocenters. The number of hydrogen-bond acceptors (Lipinski definition) is 2. The van der Waals surface area contributed by atoms with E-state index in [1.807, 2.05) is 0 Å². The number of aliphatic hydroxyl groups is 1. The summed E-state index contributed by atoms with van der Waals surface area (Å²) in [5, 5.41) is 9.02. The molecule has 84 valence electrons. The van der Waals surface area contributed by atoms with Gasteiger partial charge >= 0.3 is 0 Å². The van der Waals surface area contributed by atoms with Gasteiger partial charge in [-0.3, -0.25) is 4.79 Å². The van der Waals surface area contributed by atoms with Crippen LogP contribution in [0.3, 0.4) is 0 Å². The van der Waals surface area contributed by atoms with Gasteiger partial charge in [0.1, 0.15) is 5.82 Å². The lowest BCUT2D eigenvalue weighted by atomic mass is 10.1. The minimum Gasteiger partial charge on any atom is -0.389 e. The van der Waals surface area contributed by atoms with E-state index in [1.54, 1.807) is 18.2 Å². The number of aliphatic hydroxyl groups excluding tert-OH is 1. The van der Waals surface area contributed by atoms with Crippen LogP contribution in [0.4, 0.5) is 4.39 Å². The standard InChI is InChI=1S/C12H12FNO2/c13-11-4-2-1-3-9(11)5-6-12(16)14-7-10(15)8-14/h1-6,10,15H,7-8H2/b6-5+. The van der Waals surface area contributed by atoms with Crippen LogP contribution in [0, 0.1) is 5.82 Å². The van der Waals surface area contributed by atoms with E-state index in [0.29, 0.717) is 18.7 Å². The largest absolute Gasteiger partial charge is 0.389 e. The molecule has 1 aromatic rings. The van der Waals surface area contributed by atoms with Crippen LogP contribution in [0.15, 0.2) is 30.3 Å². The quantitative estimate of drug-likeness (QED) is 0.758. The average Bonchev–Trinajstić information content (AvgIpc) is 2.23. The van der Waals surface area contributed by atoms with Crippen molar-refractivity contribution < 1.29 is 14.3 Å². The van der Waals surface area contributed by atoms with Gasteiger partial charge in [-0.2, -0.15) is 0 Å². The van der Waals surface area contributed by atoms with Gasteiger partial charge < -0.3 is 10.0 Å². The fourth-order valence-corrected chi connectivity index (χ4v) is 1.51. The summed E-state index contributed by atoms with van der Waals surface area (Å²) < 4.78 is 13.2. The normalized spacial score (nSPS) is 16.5. The summed E-state index contributed by atoms with van der Waals surface area (Å²) in [5.74, 6) is -0.552. The van der Waals surface area contributed by atoms with Crippen LogP contribution in [0.2, 0.25) is 0 Å². The van der Waals surface area contributed by atoms with E-state index in [1.165, 1.54) is 23.1 Å². The number of amides is 1. The van der Waals surface area contributed by atoms with Gasteiger partial charge in [0.05, 0.1) is 6.10 Å². The van der Waals surface area contributed by atoms with Crippen LogP contribution >= 0.6 is 0 Å². The molecule has 0 aliphatic carbocycles. The third kappa shape index (κ3) is 2.28. The van der Waals surface area contributed by atoms with E-state index in [9.17, 15) is 9.18 Å². The van der Waals surface area contributed by atoms with E-state index >= 15 is 0 Å². The molecule has 0 bridgehead atoms. The van der Waals surface area contributed by atoms with Crippen molar-refractivity contribution in [2.75, 3.05) is 13.1 Å². The average molecular weight is 221 g/mol. The number of β-amino-alcohol motifs (C(OH)–C–C–N with tert-alkyl or cyclic N) is 1. The first-order valence-electron chi connectivity index (χ1n) is 5.06. The van der Waals surface area contributed by atoms with Crippen LogP contribution in [-0.4, -0.2) is 35.1 Å². The van der Waals surface area contributed by atoms with Gasteiger partial charge in [-0.15, -0.1) is 0 Å². The molecular weight excluding hydrogens is 209 g/mol. The van der Waals surface area contributed by atoms with Crippen molar-refractivity contribution in [1.82, 2.24) is 4.90 Å². The van der Waals surface area contributed by atoms with Gasteiger partial charge in [-0.1, -0.05) is 18.2 Å². The maximum atomic E-state index is 13.2. The second-order valence-electron chi connectivity index (χ2n) is 3.75. The number of likely N-dealkylation sites (tertiary alicyclic amines) is 1. The lowest BCUT2D eigenvalue weighted by Crippen LogP contribution is -2.52. The van der Waals surface area contributed by atoms with Crippen LogP contribution in [0.1, 0.15) is 5.56 Å². The fraction of sp³-hybridized carbons (Fsp3) is 0.250. The fourth-order valence-electron chi connectivity index (χ4n) is 1.51. The van der Waals surface area contributed by atoms with E-state index in [2.05, 4.69) is 0 Å². The molecule has 1 aliphatic heterocycles. The molecule has 1 fully saturated rings. The van der Waals surface area contributed by atoms with Gasteiger partial charge in [-0.05, 0) is 12.1 Å². The van der Waals surface area contributed by atoms with Gasteiger partial charge in [0.2, 0.25) is 5.91 Å². The van der Waals surface area contributed by atoms with Crippen LogP contribution in [-0.2, 0) is 4.79 Å². The molecule has 1 saturated heterocycles. The smallest absolute Gasteiger partial charge is 0.246 e. The Labute approximate surface area is 92.8 Å². The first-order valence-corrected chi connectivity index (χ1v) is 5.06. The van der Waals surface area contributed by atoms with Crippen LogP contribution in [0.25, 0.3) is 6.08 Å². The zero-order valence-electron chi connectivity index (χ0n) is 8.64. The first-order chi connectivity index (χ1) is 7.66. The zero-order chi connectivity index (χ0) is 11.5. The molecule has 0 atom stereocenters. The number of benzene rings is 1. The van der Waals surface area contributed by atoms with E-state index in [0.717, 1.165) is 0 Å². The molecule has 0 saturated carbocycles. The van der Waals surface area contributed by atoms with Crippen molar-refractivity contribution in [2.45, 2.75) is 6.10 Å². The minimum atomic E-state index is -0.411. The Morgan fingerprint density at radius 3 is 2.75 bits per heavy atom. The molecule has 0 aromatic heterocycles. The summed E-state index contributed by atoms with van der Waals surface area (Å²) in [6.07, 6.45) is 2.36. The molecule has 0 spiro atoms. The Kier molecular flexibility index (Phi) is 3.01. The molecule has 1 amide bonds. The third-order valence-corrected chi connectivity index (χ3v) is 2.48. The number of hydrogen-bond donors (Lipinski definition) is 1. The van der Waals surface area contributed by atoms with Crippen molar-refractivity contribution in [3.8, 4) is 0 Å². The summed E-state index contributed by atoms with van der Waals surface area (Å²) in [6, 6.07) is 6.25. The molecule has 16 heavy (non-hydrogen) atoms. The highest BCUT2D eigenvalue weighted by atomic mass is 19.1.